The fraction of sp³-hybridized carbons (Fsp3) is 0.500. The van der Waals surface area contributed by atoms with Gasteiger partial charge in [-0.3, -0.25) is 0 Å². The minimum atomic E-state index is -3.91. The van der Waals surface area contributed by atoms with Crippen LogP contribution in [0.2, 0.25) is 0 Å². The van der Waals surface area contributed by atoms with Crippen LogP contribution in [-0.2, 0) is 21.2 Å². The lowest BCUT2D eigenvalue weighted by Gasteiger charge is -2.31. The highest BCUT2D eigenvalue weighted by Gasteiger charge is 2.32. The van der Waals surface area contributed by atoms with Crippen molar-refractivity contribution in [3.05, 3.63) is 60.2 Å². The molecule has 2 N–H and O–H groups in total. The lowest BCUT2D eigenvalue weighted by atomic mass is 10.0. The predicted octanol–water partition coefficient (Wildman–Crippen LogP) is 3.84. The maximum atomic E-state index is 13.5. The molecule has 9 heteroatoms. The van der Waals surface area contributed by atoms with Gasteiger partial charge < -0.3 is 19.9 Å². The summed E-state index contributed by atoms with van der Waals surface area (Å²) in [5.41, 5.74) is 0.175. The van der Waals surface area contributed by atoms with E-state index in [0.29, 0.717) is 12.2 Å². The first-order valence-electron chi connectivity index (χ1n) is 11.7. The number of rotatable bonds is 11. The van der Waals surface area contributed by atoms with Crippen LogP contribution in [-0.4, -0.2) is 61.9 Å². The molecule has 35 heavy (non-hydrogen) atoms. The maximum Gasteiger partial charge on any atom is 0.407 e. The van der Waals surface area contributed by atoms with Crippen molar-refractivity contribution in [2.75, 3.05) is 20.2 Å². The molecular formula is C26H38N2O6S. The number of alkyl carbamates (subject to hydrolysis) is 1. The van der Waals surface area contributed by atoms with Gasteiger partial charge >= 0.3 is 6.09 Å². The van der Waals surface area contributed by atoms with E-state index in [0.717, 1.165) is 5.56 Å². The molecule has 0 fully saturated rings. The minimum absolute atomic E-state index is 0.0154. The van der Waals surface area contributed by atoms with Gasteiger partial charge in [-0.15, -0.1) is 0 Å². The van der Waals surface area contributed by atoms with Crippen molar-refractivity contribution in [1.82, 2.24) is 9.62 Å². The van der Waals surface area contributed by atoms with E-state index in [9.17, 15) is 18.3 Å². The topological polar surface area (TPSA) is 105 Å². The zero-order chi connectivity index (χ0) is 26.2. The maximum absolute atomic E-state index is 13.5. The van der Waals surface area contributed by atoms with Crippen LogP contribution < -0.4 is 10.1 Å². The Labute approximate surface area is 209 Å². The third-order valence-electron chi connectivity index (χ3n) is 5.12. The molecule has 0 aromatic heterocycles. The van der Waals surface area contributed by atoms with Crippen LogP contribution in [0.3, 0.4) is 0 Å². The molecule has 1 unspecified atom stereocenters. The summed E-state index contributed by atoms with van der Waals surface area (Å²) in [4.78, 5) is 12.6. The molecule has 2 aromatic carbocycles. The monoisotopic (exact) mass is 506 g/mol. The van der Waals surface area contributed by atoms with Crippen molar-refractivity contribution < 1.29 is 27.8 Å². The van der Waals surface area contributed by atoms with Crippen LogP contribution in [0.4, 0.5) is 4.79 Å². The highest BCUT2D eigenvalue weighted by Crippen LogP contribution is 2.22. The molecule has 0 saturated carbocycles. The number of aliphatic hydroxyl groups excluding tert-OH is 1. The van der Waals surface area contributed by atoms with Gasteiger partial charge in [0.2, 0.25) is 10.0 Å². The summed E-state index contributed by atoms with van der Waals surface area (Å²) in [6, 6.07) is 14.7. The van der Waals surface area contributed by atoms with E-state index in [1.165, 1.54) is 23.5 Å². The van der Waals surface area contributed by atoms with Crippen LogP contribution in [0.5, 0.6) is 5.75 Å². The number of methoxy groups -OCH3 is 1. The van der Waals surface area contributed by atoms with Gasteiger partial charge in [0.1, 0.15) is 11.4 Å². The number of ether oxygens (including phenoxy) is 2. The van der Waals surface area contributed by atoms with Gasteiger partial charge in [-0.05, 0) is 62.9 Å². The molecule has 0 aliphatic rings. The summed E-state index contributed by atoms with van der Waals surface area (Å²) in [5.74, 6) is 0.561. The molecule has 0 aliphatic carbocycles. The second kappa shape index (κ2) is 12.4. The summed E-state index contributed by atoms with van der Waals surface area (Å²) in [5, 5.41) is 13.9. The van der Waals surface area contributed by atoms with E-state index in [1.54, 1.807) is 32.9 Å². The molecular weight excluding hydrogens is 468 g/mol. The van der Waals surface area contributed by atoms with E-state index in [4.69, 9.17) is 9.47 Å². The van der Waals surface area contributed by atoms with Crippen molar-refractivity contribution in [3.63, 3.8) is 0 Å². The molecule has 0 radical (unpaired) electrons. The Morgan fingerprint density at radius 2 is 1.63 bits per heavy atom. The van der Waals surface area contributed by atoms with E-state index in [2.05, 4.69) is 5.32 Å². The molecule has 1 amide bonds. The zero-order valence-corrected chi connectivity index (χ0v) is 22.2. The SMILES string of the molecule is COc1ccc(S(=O)(=O)N(CC(C)C)C[C@@H](O)C(Cc2ccccc2)NC(=O)OC(C)(C)C)cc1. The van der Waals surface area contributed by atoms with Gasteiger partial charge in [-0.1, -0.05) is 44.2 Å². The molecule has 194 valence electrons. The van der Waals surface area contributed by atoms with Crippen molar-refractivity contribution in [1.29, 1.82) is 0 Å². The molecule has 0 heterocycles. The Morgan fingerprint density at radius 3 is 2.14 bits per heavy atom. The average molecular weight is 507 g/mol. The van der Waals surface area contributed by atoms with Gasteiger partial charge in [0.05, 0.1) is 24.2 Å². The first-order valence-corrected chi connectivity index (χ1v) is 13.1. The Morgan fingerprint density at radius 1 is 1.03 bits per heavy atom. The number of aliphatic hydroxyl groups is 1. The van der Waals surface area contributed by atoms with E-state index < -0.39 is 33.9 Å². The number of benzene rings is 2. The second-order valence-corrected chi connectivity index (χ2v) is 11.8. The largest absolute Gasteiger partial charge is 0.497 e. The Hall–Kier alpha value is -2.62. The smallest absolute Gasteiger partial charge is 0.407 e. The summed E-state index contributed by atoms with van der Waals surface area (Å²) in [6.07, 6.45) is -1.56. The molecule has 0 saturated heterocycles. The zero-order valence-electron chi connectivity index (χ0n) is 21.4. The average Bonchev–Trinajstić information content (AvgIpc) is 2.77. The number of carbonyl (C=O) groups is 1. The van der Waals surface area contributed by atoms with Gasteiger partial charge in [0.15, 0.2) is 0 Å². The number of carbonyl (C=O) groups excluding carboxylic acids is 1. The molecule has 2 aromatic rings. The standard InChI is InChI=1S/C26H38N2O6S/c1-19(2)17-28(35(31,32)22-14-12-21(33-6)13-15-22)18-24(29)23(16-20-10-8-7-9-11-20)27-25(30)34-26(3,4)5/h7-15,19,23-24,29H,16-18H2,1-6H3,(H,27,30)/t23?,24-/m1/s1. The van der Waals surface area contributed by atoms with Crippen LogP contribution in [0.25, 0.3) is 0 Å². The molecule has 2 rings (SSSR count). The molecule has 0 aliphatic heterocycles. The van der Waals surface area contributed by atoms with Crippen LogP contribution in [0.1, 0.15) is 40.2 Å². The van der Waals surface area contributed by atoms with Gasteiger partial charge in [-0.2, -0.15) is 4.31 Å². The number of hydrogen-bond donors (Lipinski definition) is 2. The van der Waals surface area contributed by atoms with Crippen molar-refractivity contribution in [2.24, 2.45) is 5.92 Å². The highest BCUT2D eigenvalue weighted by atomic mass is 32.2. The van der Waals surface area contributed by atoms with Crippen LogP contribution >= 0.6 is 0 Å². The first-order chi connectivity index (χ1) is 16.3. The van der Waals surface area contributed by atoms with Crippen molar-refractivity contribution in [3.8, 4) is 5.75 Å². The van der Waals surface area contributed by atoms with E-state index in [-0.39, 0.29) is 23.9 Å². The number of nitrogens with zero attached hydrogens (tertiary/aromatic N) is 1. The predicted molar refractivity (Wildman–Crippen MR) is 136 cm³/mol. The molecule has 8 nitrogen and oxygen atoms in total. The quantitative estimate of drug-likeness (QED) is 0.480. The fourth-order valence-electron chi connectivity index (χ4n) is 3.52. The Balaban J connectivity index is 2.31. The summed E-state index contributed by atoms with van der Waals surface area (Å²) in [7, 11) is -2.40. The van der Waals surface area contributed by atoms with E-state index >= 15 is 0 Å². The Kier molecular flexibility index (Phi) is 10.1. The highest BCUT2D eigenvalue weighted by molar-refractivity contribution is 7.89. The summed E-state index contributed by atoms with van der Waals surface area (Å²) < 4.78 is 38.7. The van der Waals surface area contributed by atoms with Crippen LogP contribution in [0, 0.1) is 5.92 Å². The first kappa shape index (κ1) is 28.6. The molecule has 2 atom stereocenters. The third-order valence-corrected chi connectivity index (χ3v) is 6.97. The summed E-state index contributed by atoms with van der Waals surface area (Å²) in [6.45, 7) is 9.07. The normalized spacial score (nSPS) is 14.0. The second-order valence-electron chi connectivity index (χ2n) is 9.90. The van der Waals surface area contributed by atoms with Gasteiger partial charge in [-0.25, -0.2) is 13.2 Å². The number of hydrogen-bond acceptors (Lipinski definition) is 6. The van der Waals surface area contributed by atoms with Gasteiger partial charge in [0, 0.05) is 13.1 Å². The van der Waals surface area contributed by atoms with Gasteiger partial charge in [0.25, 0.3) is 0 Å². The number of amides is 1. The van der Waals surface area contributed by atoms with E-state index in [1.807, 2.05) is 44.2 Å². The number of nitrogens with one attached hydrogen (secondary N) is 1. The molecule has 0 bridgehead atoms. The number of sulfonamides is 1. The lowest BCUT2D eigenvalue weighted by Crippen LogP contribution is -2.51. The Bertz CT molecular complexity index is 1030. The third kappa shape index (κ3) is 9.16. The van der Waals surface area contributed by atoms with Crippen LogP contribution in [0.15, 0.2) is 59.5 Å². The van der Waals surface area contributed by atoms with Crippen molar-refractivity contribution >= 4 is 16.1 Å². The summed E-state index contributed by atoms with van der Waals surface area (Å²) >= 11 is 0. The minimum Gasteiger partial charge on any atom is -0.497 e. The fourth-order valence-corrected chi connectivity index (χ4v) is 5.14. The molecule has 0 spiro atoms. The lowest BCUT2D eigenvalue weighted by molar-refractivity contribution is 0.0400. The van der Waals surface area contributed by atoms with Crippen molar-refractivity contribution in [2.45, 2.75) is 63.7 Å².